The quantitative estimate of drug-likeness (QED) is 0.358. The van der Waals surface area contributed by atoms with E-state index in [2.05, 4.69) is 15.3 Å². The Balaban J connectivity index is 2.68. The minimum absolute atomic E-state index is 0.0183. The molecule has 8 nitrogen and oxygen atoms in total. The van der Waals surface area contributed by atoms with E-state index in [4.69, 9.17) is 10.8 Å². The zero-order valence-electron chi connectivity index (χ0n) is 8.59. The van der Waals surface area contributed by atoms with Gasteiger partial charge in [0.15, 0.2) is 0 Å². The molecule has 0 aromatic carbocycles. The van der Waals surface area contributed by atoms with E-state index in [0.29, 0.717) is 19.4 Å². The van der Waals surface area contributed by atoms with E-state index in [1.165, 1.54) is 0 Å². The van der Waals surface area contributed by atoms with Crippen molar-refractivity contribution < 1.29 is 10.0 Å². The molecule has 1 aromatic heterocycles. The first-order valence-electron chi connectivity index (χ1n) is 4.76. The van der Waals surface area contributed by atoms with Crippen LogP contribution >= 0.6 is 0 Å². The van der Waals surface area contributed by atoms with Gasteiger partial charge in [-0.1, -0.05) is 0 Å². The number of nitrogens with zero attached hydrogens (tertiary/aromatic N) is 3. The molecule has 0 amide bonds. The van der Waals surface area contributed by atoms with Crippen molar-refractivity contribution in [3.63, 3.8) is 0 Å². The van der Waals surface area contributed by atoms with E-state index in [0.717, 1.165) is 6.20 Å². The highest BCUT2D eigenvalue weighted by Gasteiger charge is 2.15. The molecule has 4 N–H and O–H groups in total. The Labute approximate surface area is 91.7 Å². The number of anilines is 2. The number of rotatable bonds is 6. The summed E-state index contributed by atoms with van der Waals surface area (Å²) in [5.41, 5.74) is 5.12. The number of hydrogen-bond acceptors (Lipinski definition) is 7. The normalized spacial score (nSPS) is 10.1. The van der Waals surface area contributed by atoms with Gasteiger partial charge in [0.1, 0.15) is 6.20 Å². The Bertz CT molecular complexity index is 371. The molecule has 0 saturated carbocycles. The zero-order valence-corrected chi connectivity index (χ0v) is 8.59. The van der Waals surface area contributed by atoms with Gasteiger partial charge in [0.05, 0.1) is 4.92 Å². The fraction of sp³-hybridized carbons (Fsp3) is 0.500. The lowest BCUT2D eigenvalue weighted by Gasteiger charge is -2.05. The van der Waals surface area contributed by atoms with Crippen LogP contribution in [0, 0.1) is 10.1 Å². The number of hydrogen-bond donors (Lipinski definition) is 3. The molecule has 8 heteroatoms. The van der Waals surface area contributed by atoms with Crippen molar-refractivity contribution in [2.24, 2.45) is 0 Å². The van der Waals surface area contributed by atoms with Crippen molar-refractivity contribution in [2.75, 3.05) is 24.2 Å². The number of nitrogens with one attached hydrogen (secondary N) is 1. The Morgan fingerprint density at radius 3 is 2.94 bits per heavy atom. The molecule has 1 heterocycles. The lowest BCUT2D eigenvalue weighted by Crippen LogP contribution is -2.09. The van der Waals surface area contributed by atoms with E-state index in [9.17, 15) is 10.1 Å². The van der Waals surface area contributed by atoms with Crippen LogP contribution in [0.15, 0.2) is 6.20 Å². The molecule has 16 heavy (non-hydrogen) atoms. The van der Waals surface area contributed by atoms with Gasteiger partial charge in [0.2, 0.25) is 11.8 Å². The summed E-state index contributed by atoms with van der Waals surface area (Å²) in [7, 11) is 0. The molecule has 0 atom stereocenters. The van der Waals surface area contributed by atoms with Crippen molar-refractivity contribution in [2.45, 2.75) is 12.8 Å². The molecule has 0 spiro atoms. The molecule has 0 saturated heterocycles. The second kappa shape index (κ2) is 5.81. The molecule has 0 aliphatic rings. The second-order valence-corrected chi connectivity index (χ2v) is 3.08. The summed E-state index contributed by atoms with van der Waals surface area (Å²) in [6, 6.07) is 0. The average molecular weight is 227 g/mol. The van der Waals surface area contributed by atoms with Gasteiger partial charge in [-0.15, -0.1) is 0 Å². The summed E-state index contributed by atoms with van der Waals surface area (Å²) >= 11 is 0. The van der Waals surface area contributed by atoms with Gasteiger partial charge in [-0.05, 0) is 12.8 Å². The molecule has 0 aliphatic heterocycles. The molecule has 1 rings (SSSR count). The van der Waals surface area contributed by atoms with Crippen molar-refractivity contribution >= 4 is 17.5 Å². The van der Waals surface area contributed by atoms with Gasteiger partial charge in [-0.3, -0.25) is 10.1 Å². The Morgan fingerprint density at radius 1 is 1.56 bits per heavy atom. The van der Waals surface area contributed by atoms with E-state index in [1.54, 1.807) is 0 Å². The third-order valence-electron chi connectivity index (χ3n) is 1.86. The standard InChI is InChI=1S/C8H13N5O3/c9-8-11-5-6(13(15)16)7(12-8)10-3-1-2-4-14/h5,14H,1-4H2,(H3,9,10,11,12). The van der Waals surface area contributed by atoms with Crippen LogP contribution in [0.1, 0.15) is 12.8 Å². The van der Waals surface area contributed by atoms with E-state index >= 15 is 0 Å². The minimum Gasteiger partial charge on any atom is -0.396 e. The summed E-state index contributed by atoms with van der Waals surface area (Å²) in [4.78, 5) is 17.3. The third-order valence-corrected chi connectivity index (χ3v) is 1.86. The lowest BCUT2D eigenvalue weighted by molar-refractivity contribution is -0.384. The first kappa shape index (κ1) is 12.1. The van der Waals surface area contributed by atoms with Crippen LogP contribution < -0.4 is 11.1 Å². The smallest absolute Gasteiger partial charge is 0.329 e. The van der Waals surface area contributed by atoms with Gasteiger partial charge < -0.3 is 16.2 Å². The SMILES string of the molecule is Nc1ncc([N+](=O)[O-])c(NCCCCO)n1. The summed E-state index contributed by atoms with van der Waals surface area (Å²) in [6.45, 7) is 0.577. The lowest BCUT2D eigenvalue weighted by atomic mass is 10.3. The van der Waals surface area contributed by atoms with E-state index in [1.807, 2.05) is 0 Å². The molecule has 0 bridgehead atoms. The number of nitrogens with two attached hydrogens (primary N) is 1. The topological polar surface area (TPSA) is 127 Å². The fourth-order valence-electron chi connectivity index (χ4n) is 1.10. The molecular weight excluding hydrogens is 214 g/mol. The van der Waals surface area contributed by atoms with Gasteiger partial charge in [-0.2, -0.15) is 4.98 Å². The molecular formula is C8H13N5O3. The number of aliphatic hydroxyl groups excluding tert-OH is 1. The first-order valence-corrected chi connectivity index (χ1v) is 4.76. The van der Waals surface area contributed by atoms with Crippen LogP contribution in [0.4, 0.5) is 17.5 Å². The Morgan fingerprint density at radius 2 is 2.31 bits per heavy atom. The van der Waals surface area contributed by atoms with Gasteiger partial charge in [0, 0.05) is 13.2 Å². The number of nitrogen functional groups attached to an aromatic ring is 1. The number of unbranched alkanes of at least 4 members (excludes halogenated alkanes) is 1. The second-order valence-electron chi connectivity index (χ2n) is 3.08. The van der Waals surface area contributed by atoms with E-state index in [-0.39, 0.29) is 24.1 Å². The minimum atomic E-state index is -0.576. The molecule has 0 unspecified atom stereocenters. The fourth-order valence-corrected chi connectivity index (χ4v) is 1.10. The van der Waals surface area contributed by atoms with Gasteiger partial charge in [-0.25, -0.2) is 4.98 Å². The maximum Gasteiger partial charge on any atom is 0.329 e. The van der Waals surface area contributed by atoms with Crippen LogP contribution in [0.5, 0.6) is 0 Å². The van der Waals surface area contributed by atoms with Crippen LogP contribution in [-0.2, 0) is 0 Å². The maximum atomic E-state index is 10.6. The number of nitro groups is 1. The monoisotopic (exact) mass is 227 g/mol. The van der Waals surface area contributed by atoms with Crippen LogP contribution in [-0.4, -0.2) is 33.1 Å². The summed E-state index contributed by atoms with van der Waals surface area (Å²) in [5.74, 6) is 0.0886. The van der Waals surface area contributed by atoms with Crippen molar-refractivity contribution in [1.82, 2.24) is 9.97 Å². The molecule has 0 fully saturated rings. The zero-order chi connectivity index (χ0) is 12.0. The third kappa shape index (κ3) is 3.31. The van der Waals surface area contributed by atoms with Gasteiger partial charge >= 0.3 is 5.69 Å². The Kier molecular flexibility index (Phi) is 4.40. The Hall–Kier alpha value is -1.96. The molecule has 0 aliphatic carbocycles. The summed E-state index contributed by atoms with van der Waals surface area (Å²) in [5, 5.41) is 22.0. The molecule has 0 radical (unpaired) electrons. The van der Waals surface area contributed by atoms with Gasteiger partial charge in [0.25, 0.3) is 0 Å². The molecule has 1 aromatic rings. The largest absolute Gasteiger partial charge is 0.396 e. The maximum absolute atomic E-state index is 10.6. The first-order chi connectivity index (χ1) is 7.65. The highest BCUT2D eigenvalue weighted by atomic mass is 16.6. The van der Waals surface area contributed by atoms with Crippen molar-refractivity contribution in [1.29, 1.82) is 0 Å². The predicted molar refractivity (Wildman–Crippen MR) is 57.9 cm³/mol. The highest BCUT2D eigenvalue weighted by molar-refractivity contribution is 5.56. The van der Waals surface area contributed by atoms with Crippen molar-refractivity contribution in [3.05, 3.63) is 16.3 Å². The summed E-state index contributed by atoms with van der Waals surface area (Å²) < 4.78 is 0. The van der Waals surface area contributed by atoms with Crippen molar-refractivity contribution in [3.8, 4) is 0 Å². The number of aromatic nitrogens is 2. The highest BCUT2D eigenvalue weighted by Crippen LogP contribution is 2.20. The molecule has 88 valence electrons. The number of aliphatic hydroxyl groups is 1. The van der Waals surface area contributed by atoms with Crippen LogP contribution in [0.25, 0.3) is 0 Å². The van der Waals surface area contributed by atoms with Crippen LogP contribution in [0.2, 0.25) is 0 Å². The summed E-state index contributed by atoms with van der Waals surface area (Å²) in [6.07, 6.45) is 2.38. The van der Waals surface area contributed by atoms with Crippen LogP contribution in [0.3, 0.4) is 0 Å². The van der Waals surface area contributed by atoms with E-state index < -0.39 is 4.92 Å². The predicted octanol–water partition coefficient (Wildman–Crippen LogP) is 0.151. The average Bonchev–Trinajstić information content (AvgIpc) is 2.24.